The molecule has 166 valence electrons. The van der Waals surface area contributed by atoms with E-state index in [-0.39, 0.29) is 36.0 Å². The van der Waals surface area contributed by atoms with Crippen molar-refractivity contribution in [3.8, 4) is 22.9 Å². The van der Waals surface area contributed by atoms with Crippen LogP contribution in [-0.2, 0) is 11.2 Å². The van der Waals surface area contributed by atoms with Crippen molar-refractivity contribution in [3.05, 3.63) is 82.8 Å². The number of aromatic amines is 1. The molecule has 1 heterocycles. The molecule has 1 amide bonds. The predicted molar refractivity (Wildman–Crippen MR) is 122 cm³/mol. The molecule has 0 aliphatic carbocycles. The highest BCUT2D eigenvalue weighted by Crippen LogP contribution is 2.31. The third-order valence-electron chi connectivity index (χ3n) is 4.82. The van der Waals surface area contributed by atoms with Gasteiger partial charge in [-0.05, 0) is 30.7 Å². The Kier molecular flexibility index (Phi) is 7.75. The van der Waals surface area contributed by atoms with Crippen molar-refractivity contribution in [1.29, 1.82) is 0 Å². The number of amides is 1. The van der Waals surface area contributed by atoms with E-state index in [1.165, 1.54) is 7.11 Å². The quantitative estimate of drug-likeness (QED) is 0.475. The van der Waals surface area contributed by atoms with Crippen LogP contribution in [0.1, 0.15) is 30.6 Å². The average molecular weight is 434 g/mol. The molecule has 0 saturated heterocycles. The van der Waals surface area contributed by atoms with Crippen LogP contribution in [0.25, 0.3) is 11.4 Å². The number of carbonyl (C=O) groups is 1. The number of hydrogen-bond donors (Lipinski definition) is 2. The number of hydrogen-bond acceptors (Lipinski definition) is 6. The minimum Gasteiger partial charge on any atom is -0.493 e. The molecule has 2 N–H and O–H groups in total. The van der Waals surface area contributed by atoms with Crippen LogP contribution in [-0.4, -0.2) is 34.8 Å². The predicted octanol–water partition coefficient (Wildman–Crippen LogP) is 3.22. The number of nitrogens with zero attached hydrogens (tertiary/aromatic N) is 2. The molecule has 0 radical (unpaired) electrons. The first-order valence-electron chi connectivity index (χ1n) is 10.2. The summed E-state index contributed by atoms with van der Waals surface area (Å²) in [5, 5.41) is 11.1. The first-order chi connectivity index (χ1) is 15.5. The fraction of sp³-hybridized carbons (Fsp3) is 0.250. The summed E-state index contributed by atoms with van der Waals surface area (Å²) in [4.78, 5) is 27.5. The van der Waals surface area contributed by atoms with Crippen molar-refractivity contribution in [2.45, 2.75) is 25.8 Å². The second-order valence-electron chi connectivity index (χ2n) is 7.11. The maximum atomic E-state index is 12.5. The van der Waals surface area contributed by atoms with Gasteiger partial charge in [0.15, 0.2) is 17.3 Å². The van der Waals surface area contributed by atoms with E-state index in [2.05, 4.69) is 27.1 Å². The molecule has 0 unspecified atom stereocenters. The smallest absolute Gasteiger partial charge is 0.273 e. The van der Waals surface area contributed by atoms with Crippen molar-refractivity contribution in [2.75, 3.05) is 13.7 Å². The lowest BCUT2D eigenvalue weighted by Gasteiger charge is -2.14. The lowest BCUT2D eigenvalue weighted by molar-refractivity contribution is -0.121. The number of nitrogens with one attached hydrogen (secondary N) is 2. The number of H-pyrrole nitrogens is 1. The monoisotopic (exact) mass is 434 g/mol. The normalized spacial score (nSPS) is 11.4. The summed E-state index contributed by atoms with van der Waals surface area (Å²) < 4.78 is 10.9. The maximum Gasteiger partial charge on any atom is 0.273 e. The standard InChI is InChI=1S/C24H26N4O4/c1-4-14-32-20-12-10-18(15-21(20)31-3)23-26-24(30)19(27-28-23)11-13-22(29)25-16(2)17-8-6-5-7-9-17/h4-10,12,15-16H,1,11,13-14H2,2-3H3,(H,25,29)(H,26,28,30)/t16-/m1/s1. The molecule has 3 rings (SSSR count). The number of aromatic nitrogens is 3. The van der Waals surface area contributed by atoms with Gasteiger partial charge >= 0.3 is 0 Å². The summed E-state index contributed by atoms with van der Waals surface area (Å²) in [5.41, 5.74) is 1.46. The van der Waals surface area contributed by atoms with E-state index in [4.69, 9.17) is 9.47 Å². The lowest BCUT2D eigenvalue weighted by Crippen LogP contribution is -2.28. The molecule has 0 fully saturated rings. The van der Waals surface area contributed by atoms with Crippen LogP contribution in [0, 0.1) is 0 Å². The summed E-state index contributed by atoms with van der Waals surface area (Å²) >= 11 is 0. The number of carbonyl (C=O) groups excluding carboxylic acids is 1. The summed E-state index contributed by atoms with van der Waals surface area (Å²) in [6, 6.07) is 14.7. The minimum absolute atomic E-state index is 0.121. The molecule has 0 saturated carbocycles. The highest BCUT2D eigenvalue weighted by atomic mass is 16.5. The van der Waals surface area contributed by atoms with Gasteiger partial charge in [0.05, 0.1) is 13.2 Å². The van der Waals surface area contributed by atoms with Crippen LogP contribution in [0.15, 0.2) is 66.0 Å². The van der Waals surface area contributed by atoms with Crippen LogP contribution in [0.2, 0.25) is 0 Å². The summed E-state index contributed by atoms with van der Waals surface area (Å²) in [6.07, 6.45) is 1.96. The van der Waals surface area contributed by atoms with Gasteiger partial charge in [0.2, 0.25) is 5.91 Å². The molecule has 3 aromatic rings. The molecule has 2 aromatic carbocycles. The molecule has 8 nitrogen and oxygen atoms in total. The van der Waals surface area contributed by atoms with Crippen molar-refractivity contribution in [3.63, 3.8) is 0 Å². The Morgan fingerprint density at radius 1 is 1.19 bits per heavy atom. The van der Waals surface area contributed by atoms with Crippen LogP contribution in [0.4, 0.5) is 0 Å². The van der Waals surface area contributed by atoms with Crippen molar-refractivity contribution in [2.24, 2.45) is 0 Å². The molecule has 0 aliphatic heterocycles. The second kappa shape index (κ2) is 10.9. The van der Waals surface area contributed by atoms with Gasteiger partial charge in [-0.3, -0.25) is 9.59 Å². The summed E-state index contributed by atoms with van der Waals surface area (Å²) in [7, 11) is 1.53. The van der Waals surface area contributed by atoms with Gasteiger partial charge in [-0.15, -0.1) is 10.2 Å². The Morgan fingerprint density at radius 2 is 1.97 bits per heavy atom. The Morgan fingerprint density at radius 3 is 2.66 bits per heavy atom. The summed E-state index contributed by atoms with van der Waals surface area (Å²) in [5.74, 6) is 1.19. The Balaban J connectivity index is 1.64. The van der Waals surface area contributed by atoms with Crippen LogP contribution in [0.5, 0.6) is 11.5 Å². The number of methoxy groups -OCH3 is 1. The molecule has 1 aromatic heterocycles. The van der Waals surface area contributed by atoms with Gasteiger partial charge in [-0.1, -0.05) is 43.0 Å². The number of benzene rings is 2. The van der Waals surface area contributed by atoms with Gasteiger partial charge in [0.1, 0.15) is 12.3 Å². The third kappa shape index (κ3) is 5.81. The van der Waals surface area contributed by atoms with Gasteiger partial charge in [0, 0.05) is 18.4 Å². The maximum absolute atomic E-state index is 12.5. The van der Waals surface area contributed by atoms with Crippen LogP contribution < -0.4 is 20.3 Å². The molecule has 0 aliphatic rings. The highest BCUT2D eigenvalue weighted by molar-refractivity contribution is 5.76. The van der Waals surface area contributed by atoms with Gasteiger partial charge in [-0.25, -0.2) is 0 Å². The fourth-order valence-electron chi connectivity index (χ4n) is 3.11. The van der Waals surface area contributed by atoms with Crippen molar-refractivity contribution < 1.29 is 14.3 Å². The molecular weight excluding hydrogens is 408 g/mol. The molecule has 0 bridgehead atoms. The summed E-state index contributed by atoms with van der Waals surface area (Å²) in [6.45, 7) is 5.88. The van der Waals surface area contributed by atoms with E-state index in [0.29, 0.717) is 29.5 Å². The van der Waals surface area contributed by atoms with Crippen molar-refractivity contribution >= 4 is 5.91 Å². The van der Waals surface area contributed by atoms with Gasteiger partial charge < -0.3 is 19.8 Å². The SMILES string of the molecule is C=CCOc1ccc(-c2nnc(CCC(=O)N[C@H](C)c3ccccc3)c(=O)[nH]2)cc1OC. The molecule has 1 atom stereocenters. The van der Waals surface area contributed by atoms with Crippen LogP contribution in [0.3, 0.4) is 0 Å². The van der Waals surface area contributed by atoms with Crippen molar-refractivity contribution in [1.82, 2.24) is 20.5 Å². The Hall–Kier alpha value is -3.94. The van der Waals surface area contributed by atoms with Gasteiger partial charge in [0.25, 0.3) is 5.56 Å². The van der Waals surface area contributed by atoms with E-state index >= 15 is 0 Å². The first-order valence-corrected chi connectivity index (χ1v) is 10.2. The van der Waals surface area contributed by atoms with Gasteiger partial charge in [-0.2, -0.15) is 0 Å². The van der Waals surface area contributed by atoms with E-state index in [1.807, 2.05) is 37.3 Å². The van der Waals surface area contributed by atoms with E-state index in [0.717, 1.165) is 5.56 Å². The Labute approximate surface area is 186 Å². The zero-order chi connectivity index (χ0) is 22.9. The average Bonchev–Trinajstić information content (AvgIpc) is 2.82. The van der Waals surface area contributed by atoms with E-state index < -0.39 is 0 Å². The second-order valence-corrected chi connectivity index (χ2v) is 7.11. The Bertz CT molecular complexity index is 1130. The molecule has 32 heavy (non-hydrogen) atoms. The first kappa shape index (κ1) is 22.7. The third-order valence-corrected chi connectivity index (χ3v) is 4.82. The molecule has 8 heteroatoms. The number of ether oxygens (including phenoxy) is 2. The largest absolute Gasteiger partial charge is 0.493 e. The van der Waals surface area contributed by atoms with Crippen LogP contribution >= 0.6 is 0 Å². The topological polar surface area (TPSA) is 106 Å². The molecule has 0 spiro atoms. The van der Waals surface area contributed by atoms with E-state index in [9.17, 15) is 9.59 Å². The number of aryl methyl sites for hydroxylation is 1. The lowest BCUT2D eigenvalue weighted by atomic mass is 10.1. The zero-order valence-electron chi connectivity index (χ0n) is 18.1. The van der Waals surface area contributed by atoms with E-state index in [1.54, 1.807) is 24.3 Å². The highest BCUT2D eigenvalue weighted by Gasteiger charge is 2.13. The number of rotatable bonds is 10. The minimum atomic E-state index is -0.384. The fourth-order valence-corrected chi connectivity index (χ4v) is 3.11. The molecular formula is C24H26N4O4. The zero-order valence-corrected chi connectivity index (χ0v) is 18.1.